The summed E-state index contributed by atoms with van der Waals surface area (Å²) in [6.45, 7) is 4.77. The number of benzene rings is 1. The Kier molecular flexibility index (Phi) is 8.64. The van der Waals surface area contributed by atoms with Gasteiger partial charge in [-0.25, -0.2) is 10.4 Å². The molecule has 0 aliphatic heterocycles. The summed E-state index contributed by atoms with van der Waals surface area (Å²) in [7, 11) is 0. The van der Waals surface area contributed by atoms with Gasteiger partial charge < -0.3 is 15.2 Å². The van der Waals surface area contributed by atoms with Crippen LogP contribution >= 0.6 is 46.4 Å². The first-order valence-corrected chi connectivity index (χ1v) is 10.0. The predicted molar refractivity (Wildman–Crippen MR) is 117 cm³/mol. The molecule has 11 heteroatoms. The maximum Gasteiger partial charge on any atom is 0.291 e. The molecule has 0 aliphatic rings. The number of hydrogen-bond acceptors (Lipinski definition) is 6. The van der Waals surface area contributed by atoms with E-state index in [1.807, 2.05) is 13.8 Å². The van der Waals surface area contributed by atoms with Crippen LogP contribution in [0.1, 0.15) is 36.3 Å². The van der Waals surface area contributed by atoms with Crippen LogP contribution in [0.4, 0.5) is 5.69 Å². The van der Waals surface area contributed by atoms with Crippen molar-refractivity contribution < 1.29 is 14.3 Å². The lowest BCUT2D eigenvalue weighted by molar-refractivity contribution is 0.0950. The molecule has 0 spiro atoms. The smallest absolute Gasteiger partial charge is 0.291 e. The summed E-state index contributed by atoms with van der Waals surface area (Å²) in [4.78, 5) is 16.1. The number of nitrogens with zero attached hydrogens (tertiary/aromatic N) is 2. The van der Waals surface area contributed by atoms with Crippen LogP contribution in [0.2, 0.25) is 20.2 Å². The van der Waals surface area contributed by atoms with E-state index < -0.39 is 5.91 Å². The van der Waals surface area contributed by atoms with Crippen LogP contribution < -0.4 is 20.6 Å². The van der Waals surface area contributed by atoms with Crippen LogP contribution in [0.3, 0.4) is 0 Å². The van der Waals surface area contributed by atoms with E-state index in [-0.39, 0.29) is 26.6 Å². The first kappa shape index (κ1) is 23.3. The minimum absolute atomic E-state index is 0.0276. The molecule has 0 saturated heterocycles. The number of anilines is 1. The number of carbonyl (C=O) groups excluding carboxylic acids is 1. The molecule has 1 amide bonds. The SMILES string of the molecule is CCCOc1c(Cl)cc(/C=N\NC(=O)c2nc(Cl)c(Cl)c(N)c2Cl)cc1OCC. The van der Waals surface area contributed by atoms with E-state index in [0.29, 0.717) is 35.3 Å². The lowest BCUT2D eigenvalue weighted by Crippen LogP contribution is -2.20. The Morgan fingerprint density at radius 3 is 2.59 bits per heavy atom. The van der Waals surface area contributed by atoms with Crippen LogP contribution in [0.15, 0.2) is 17.2 Å². The summed E-state index contributed by atoms with van der Waals surface area (Å²) in [6.07, 6.45) is 2.21. The highest BCUT2D eigenvalue weighted by molar-refractivity contribution is 6.46. The molecule has 1 aromatic heterocycles. The number of nitrogens with one attached hydrogen (secondary N) is 1. The van der Waals surface area contributed by atoms with Gasteiger partial charge in [-0.3, -0.25) is 4.79 Å². The molecule has 29 heavy (non-hydrogen) atoms. The summed E-state index contributed by atoms with van der Waals surface area (Å²) < 4.78 is 11.2. The van der Waals surface area contributed by atoms with E-state index in [2.05, 4.69) is 15.5 Å². The number of nitrogens with two attached hydrogens (primary N) is 1. The summed E-state index contributed by atoms with van der Waals surface area (Å²) >= 11 is 24.0. The molecule has 1 heterocycles. The summed E-state index contributed by atoms with van der Waals surface area (Å²) in [5, 5.41) is 3.95. The number of rotatable bonds is 8. The fraction of sp³-hybridized carbons (Fsp3) is 0.278. The normalized spacial score (nSPS) is 11.0. The van der Waals surface area contributed by atoms with E-state index in [0.717, 1.165) is 6.42 Å². The molecular formula is C18H18Cl4N4O3. The van der Waals surface area contributed by atoms with Crippen molar-refractivity contribution in [1.29, 1.82) is 0 Å². The summed E-state index contributed by atoms with van der Waals surface area (Å²) in [5.74, 6) is 0.220. The Hall–Kier alpha value is -1.93. The van der Waals surface area contributed by atoms with Crippen molar-refractivity contribution in [3.05, 3.63) is 43.6 Å². The maximum atomic E-state index is 12.3. The number of carbonyl (C=O) groups is 1. The monoisotopic (exact) mass is 478 g/mol. The second-order valence-electron chi connectivity index (χ2n) is 5.60. The van der Waals surface area contributed by atoms with Crippen LogP contribution in [-0.2, 0) is 0 Å². The largest absolute Gasteiger partial charge is 0.490 e. The maximum absolute atomic E-state index is 12.3. The van der Waals surface area contributed by atoms with Gasteiger partial charge in [-0.05, 0) is 31.0 Å². The van der Waals surface area contributed by atoms with E-state index in [1.54, 1.807) is 12.1 Å². The molecule has 156 valence electrons. The fourth-order valence-corrected chi connectivity index (χ4v) is 3.04. The average Bonchev–Trinajstić information content (AvgIpc) is 2.68. The van der Waals surface area contributed by atoms with Crippen molar-refractivity contribution >= 4 is 64.2 Å². The van der Waals surface area contributed by atoms with Gasteiger partial charge in [0.15, 0.2) is 22.3 Å². The van der Waals surface area contributed by atoms with Crippen LogP contribution in [0.25, 0.3) is 0 Å². The predicted octanol–water partition coefficient (Wildman–Crippen LogP) is 5.23. The van der Waals surface area contributed by atoms with Crippen LogP contribution in [0.5, 0.6) is 11.5 Å². The van der Waals surface area contributed by atoms with Gasteiger partial charge in [0.25, 0.3) is 5.91 Å². The lowest BCUT2D eigenvalue weighted by Gasteiger charge is -2.13. The third kappa shape index (κ3) is 5.79. The number of aromatic nitrogens is 1. The molecule has 2 rings (SSSR count). The van der Waals surface area contributed by atoms with Gasteiger partial charge in [0, 0.05) is 0 Å². The van der Waals surface area contributed by atoms with Gasteiger partial charge in [0.1, 0.15) is 5.02 Å². The number of ether oxygens (including phenoxy) is 2. The Labute approximate surface area is 188 Å². The zero-order valence-electron chi connectivity index (χ0n) is 15.6. The Balaban J connectivity index is 2.21. The standard InChI is InChI=1S/C18H18Cl4N4O3/c1-3-5-29-16-10(19)6-9(7-11(16)28-4-2)8-24-26-18(27)15-12(20)14(23)13(21)17(22)25-15/h6-8H,3-5H2,1-2H3,(H2,23,25)(H,26,27)/b24-8-. The van der Waals surface area contributed by atoms with Gasteiger partial charge in [0.2, 0.25) is 0 Å². The van der Waals surface area contributed by atoms with Gasteiger partial charge in [-0.1, -0.05) is 53.3 Å². The second kappa shape index (κ2) is 10.7. The first-order chi connectivity index (χ1) is 13.8. The van der Waals surface area contributed by atoms with Gasteiger partial charge >= 0.3 is 0 Å². The topological polar surface area (TPSA) is 98.8 Å². The van der Waals surface area contributed by atoms with E-state index >= 15 is 0 Å². The van der Waals surface area contributed by atoms with E-state index in [9.17, 15) is 4.79 Å². The summed E-state index contributed by atoms with van der Waals surface area (Å²) in [5.41, 5.74) is 8.33. The highest BCUT2D eigenvalue weighted by atomic mass is 35.5. The van der Waals surface area contributed by atoms with Crippen LogP contribution in [0, 0.1) is 0 Å². The zero-order valence-corrected chi connectivity index (χ0v) is 18.6. The highest BCUT2D eigenvalue weighted by Crippen LogP contribution is 2.36. The Morgan fingerprint density at radius 2 is 1.93 bits per heavy atom. The third-order valence-corrected chi connectivity index (χ3v) is 4.87. The minimum Gasteiger partial charge on any atom is -0.490 e. The molecule has 0 aliphatic carbocycles. The van der Waals surface area contributed by atoms with Crippen molar-refractivity contribution in [2.45, 2.75) is 20.3 Å². The van der Waals surface area contributed by atoms with Crippen molar-refractivity contribution in [3.63, 3.8) is 0 Å². The van der Waals surface area contributed by atoms with Gasteiger partial charge in [0.05, 0.1) is 35.2 Å². The first-order valence-electron chi connectivity index (χ1n) is 8.52. The number of hydrogen-bond donors (Lipinski definition) is 2. The molecule has 0 fully saturated rings. The molecule has 7 nitrogen and oxygen atoms in total. The number of hydrazone groups is 1. The van der Waals surface area contributed by atoms with Crippen molar-refractivity contribution in [2.24, 2.45) is 5.10 Å². The third-order valence-electron chi connectivity index (χ3n) is 3.45. The van der Waals surface area contributed by atoms with Crippen molar-refractivity contribution in [2.75, 3.05) is 18.9 Å². The number of pyridine rings is 1. The highest BCUT2D eigenvalue weighted by Gasteiger charge is 2.19. The Bertz CT molecular complexity index is 938. The molecule has 0 unspecified atom stereocenters. The van der Waals surface area contributed by atoms with Crippen LogP contribution in [-0.4, -0.2) is 30.3 Å². The molecular weight excluding hydrogens is 462 g/mol. The minimum atomic E-state index is -0.712. The quantitative estimate of drug-likeness (QED) is 0.307. The molecule has 0 bridgehead atoms. The molecule has 2 aromatic rings. The zero-order chi connectivity index (χ0) is 21.6. The number of halogens is 4. The second-order valence-corrected chi connectivity index (χ2v) is 7.12. The van der Waals surface area contributed by atoms with Crippen molar-refractivity contribution in [1.82, 2.24) is 10.4 Å². The number of nitrogen functional groups attached to an aromatic ring is 1. The lowest BCUT2D eigenvalue weighted by atomic mass is 10.2. The average molecular weight is 480 g/mol. The molecule has 3 N–H and O–H groups in total. The van der Waals surface area contributed by atoms with Gasteiger partial charge in [-0.15, -0.1) is 0 Å². The van der Waals surface area contributed by atoms with Crippen molar-refractivity contribution in [3.8, 4) is 11.5 Å². The molecule has 0 saturated carbocycles. The molecule has 0 atom stereocenters. The molecule has 0 radical (unpaired) electrons. The van der Waals surface area contributed by atoms with E-state index in [4.69, 9.17) is 61.6 Å². The van der Waals surface area contributed by atoms with E-state index in [1.165, 1.54) is 6.21 Å². The van der Waals surface area contributed by atoms with Gasteiger partial charge in [-0.2, -0.15) is 5.10 Å². The Morgan fingerprint density at radius 1 is 1.21 bits per heavy atom. The fourth-order valence-electron chi connectivity index (χ4n) is 2.17. The number of amides is 1. The molecule has 1 aromatic carbocycles. The summed E-state index contributed by atoms with van der Waals surface area (Å²) in [6, 6.07) is 3.32.